The van der Waals surface area contributed by atoms with E-state index in [0.29, 0.717) is 5.95 Å². The highest BCUT2D eigenvalue weighted by molar-refractivity contribution is 5.94. The van der Waals surface area contributed by atoms with Gasteiger partial charge in [-0.15, -0.1) is 0 Å². The molecule has 2 aromatic heterocycles. The van der Waals surface area contributed by atoms with Gasteiger partial charge in [-0.3, -0.25) is 0 Å². The number of rotatable bonds is 4. The zero-order chi connectivity index (χ0) is 18.8. The minimum absolute atomic E-state index is 0.531. The summed E-state index contributed by atoms with van der Waals surface area (Å²) in [6.45, 7) is 0. The Morgan fingerprint density at radius 1 is 0.714 bits per heavy atom. The number of fused-ring (bicyclic) bond motifs is 1. The van der Waals surface area contributed by atoms with E-state index in [-0.39, 0.29) is 0 Å². The van der Waals surface area contributed by atoms with Gasteiger partial charge in [0.25, 0.3) is 5.95 Å². The molecule has 0 aliphatic carbocycles. The maximum Gasteiger partial charge on any atom is 0.253 e. The van der Waals surface area contributed by atoms with Crippen molar-refractivity contribution in [3.05, 3.63) is 97.3 Å². The summed E-state index contributed by atoms with van der Waals surface area (Å²) >= 11 is 0. The van der Waals surface area contributed by atoms with Crippen molar-refractivity contribution in [3.63, 3.8) is 0 Å². The molecule has 0 spiro atoms. The lowest BCUT2D eigenvalue weighted by Crippen LogP contribution is -2.05. The zero-order valence-corrected chi connectivity index (χ0v) is 15.0. The standard InChI is InChI=1S/C23H17N5/c1-3-8-17(9-4-1)18-12-13-21-20(16-18)22(25-19-10-5-2-6-11-19)27-23(26-21)28-15-7-14-24-28/h1-16H,(H,25,26,27). The number of hydrogen-bond donors (Lipinski definition) is 1. The third kappa shape index (κ3) is 3.10. The minimum Gasteiger partial charge on any atom is -0.340 e. The van der Waals surface area contributed by atoms with Crippen molar-refractivity contribution in [1.82, 2.24) is 19.7 Å². The number of hydrogen-bond acceptors (Lipinski definition) is 4. The highest BCUT2D eigenvalue weighted by Gasteiger charge is 2.11. The summed E-state index contributed by atoms with van der Waals surface area (Å²) in [6.07, 6.45) is 3.56. The van der Waals surface area contributed by atoms with E-state index in [9.17, 15) is 0 Å². The van der Waals surface area contributed by atoms with E-state index in [1.165, 1.54) is 0 Å². The average molecular weight is 363 g/mol. The van der Waals surface area contributed by atoms with Crippen LogP contribution in [0.15, 0.2) is 97.3 Å². The van der Waals surface area contributed by atoms with Gasteiger partial charge >= 0.3 is 0 Å². The Balaban J connectivity index is 1.69. The highest BCUT2D eigenvalue weighted by Crippen LogP contribution is 2.29. The largest absolute Gasteiger partial charge is 0.340 e. The molecule has 0 saturated carbocycles. The molecule has 5 heteroatoms. The molecule has 5 nitrogen and oxygen atoms in total. The van der Waals surface area contributed by atoms with Crippen LogP contribution in [0.25, 0.3) is 28.0 Å². The number of nitrogens with zero attached hydrogens (tertiary/aromatic N) is 4. The first-order valence-corrected chi connectivity index (χ1v) is 9.06. The van der Waals surface area contributed by atoms with E-state index >= 15 is 0 Å². The van der Waals surface area contributed by atoms with Gasteiger partial charge in [-0.2, -0.15) is 10.1 Å². The Labute approximate surface area is 162 Å². The van der Waals surface area contributed by atoms with Crippen molar-refractivity contribution < 1.29 is 0 Å². The van der Waals surface area contributed by atoms with E-state index in [0.717, 1.165) is 33.5 Å². The lowest BCUT2D eigenvalue weighted by molar-refractivity contribution is 0.817. The van der Waals surface area contributed by atoms with Crippen LogP contribution in [0.3, 0.4) is 0 Å². The fourth-order valence-corrected chi connectivity index (χ4v) is 3.17. The van der Waals surface area contributed by atoms with Crippen LogP contribution in [-0.2, 0) is 0 Å². The van der Waals surface area contributed by atoms with Gasteiger partial charge in [0.15, 0.2) is 0 Å². The molecule has 28 heavy (non-hydrogen) atoms. The summed E-state index contributed by atoms with van der Waals surface area (Å²) in [5.74, 6) is 1.28. The Morgan fingerprint density at radius 2 is 1.50 bits per heavy atom. The van der Waals surface area contributed by atoms with Crippen molar-refractivity contribution in [2.75, 3.05) is 5.32 Å². The highest BCUT2D eigenvalue weighted by atomic mass is 15.3. The SMILES string of the molecule is c1ccc(Nc2nc(-n3cccn3)nc3ccc(-c4ccccc4)cc23)cc1. The predicted molar refractivity (Wildman–Crippen MR) is 112 cm³/mol. The Hall–Kier alpha value is -3.99. The first-order valence-electron chi connectivity index (χ1n) is 9.06. The van der Waals surface area contributed by atoms with Gasteiger partial charge in [-0.05, 0) is 41.5 Å². The molecule has 3 aromatic carbocycles. The predicted octanol–water partition coefficient (Wildman–Crippen LogP) is 5.23. The topological polar surface area (TPSA) is 55.6 Å². The van der Waals surface area contributed by atoms with Gasteiger partial charge in [-0.25, -0.2) is 9.67 Å². The van der Waals surface area contributed by atoms with Gasteiger partial charge in [0, 0.05) is 23.5 Å². The molecule has 0 amide bonds. The molecule has 5 aromatic rings. The second kappa shape index (κ2) is 6.96. The van der Waals surface area contributed by atoms with Crippen LogP contribution in [0.2, 0.25) is 0 Å². The summed E-state index contributed by atoms with van der Waals surface area (Å²) < 4.78 is 1.67. The van der Waals surface area contributed by atoms with Crippen molar-refractivity contribution in [3.8, 4) is 17.1 Å². The molecule has 0 atom stereocenters. The van der Waals surface area contributed by atoms with E-state index in [1.807, 2.05) is 66.9 Å². The number of nitrogens with one attached hydrogen (secondary N) is 1. The van der Waals surface area contributed by atoms with Crippen LogP contribution in [-0.4, -0.2) is 19.7 Å². The minimum atomic E-state index is 0.531. The fraction of sp³-hybridized carbons (Fsp3) is 0. The average Bonchev–Trinajstić information content (AvgIpc) is 3.30. The maximum absolute atomic E-state index is 4.75. The Morgan fingerprint density at radius 3 is 2.25 bits per heavy atom. The van der Waals surface area contributed by atoms with Crippen molar-refractivity contribution in [2.24, 2.45) is 0 Å². The van der Waals surface area contributed by atoms with Crippen molar-refractivity contribution >= 4 is 22.4 Å². The Kier molecular flexibility index (Phi) is 4.03. The summed E-state index contributed by atoms with van der Waals surface area (Å²) in [7, 11) is 0. The molecule has 0 aliphatic heterocycles. The first kappa shape index (κ1) is 16.2. The molecule has 0 saturated heterocycles. The summed E-state index contributed by atoms with van der Waals surface area (Å²) in [6, 6.07) is 28.4. The quantitative estimate of drug-likeness (QED) is 0.475. The molecule has 0 bridgehead atoms. The molecule has 0 unspecified atom stereocenters. The molecular weight excluding hydrogens is 346 g/mol. The van der Waals surface area contributed by atoms with Crippen LogP contribution in [0.4, 0.5) is 11.5 Å². The van der Waals surface area contributed by atoms with Crippen LogP contribution >= 0.6 is 0 Å². The smallest absolute Gasteiger partial charge is 0.253 e. The van der Waals surface area contributed by atoms with E-state index in [4.69, 9.17) is 9.97 Å². The normalized spacial score (nSPS) is 10.9. The van der Waals surface area contributed by atoms with Crippen LogP contribution in [0, 0.1) is 0 Å². The maximum atomic E-state index is 4.75. The summed E-state index contributed by atoms with van der Waals surface area (Å²) in [5, 5.41) is 8.67. The van der Waals surface area contributed by atoms with Gasteiger partial charge < -0.3 is 5.32 Å². The molecule has 0 fully saturated rings. The van der Waals surface area contributed by atoms with Gasteiger partial charge in [0.2, 0.25) is 0 Å². The molecule has 0 radical (unpaired) electrons. The van der Waals surface area contributed by atoms with Crippen LogP contribution in [0.1, 0.15) is 0 Å². The van der Waals surface area contributed by atoms with Gasteiger partial charge in [-0.1, -0.05) is 54.6 Å². The zero-order valence-electron chi connectivity index (χ0n) is 15.0. The molecule has 0 aliphatic rings. The second-order valence-corrected chi connectivity index (χ2v) is 6.41. The van der Waals surface area contributed by atoms with E-state index in [2.05, 4.69) is 34.7 Å². The fourth-order valence-electron chi connectivity index (χ4n) is 3.17. The van der Waals surface area contributed by atoms with Crippen LogP contribution in [0.5, 0.6) is 0 Å². The van der Waals surface area contributed by atoms with Crippen molar-refractivity contribution in [1.29, 1.82) is 0 Å². The summed E-state index contributed by atoms with van der Waals surface area (Å²) in [5.41, 5.74) is 4.11. The second-order valence-electron chi connectivity index (χ2n) is 6.41. The van der Waals surface area contributed by atoms with Crippen molar-refractivity contribution in [2.45, 2.75) is 0 Å². The van der Waals surface area contributed by atoms with Gasteiger partial charge in [0.1, 0.15) is 5.82 Å². The summed E-state index contributed by atoms with van der Waals surface area (Å²) in [4.78, 5) is 9.46. The molecule has 1 N–H and O–H groups in total. The van der Waals surface area contributed by atoms with Gasteiger partial charge in [0.05, 0.1) is 5.52 Å². The lowest BCUT2D eigenvalue weighted by Gasteiger charge is -2.12. The Bertz CT molecular complexity index is 1220. The van der Waals surface area contributed by atoms with E-state index in [1.54, 1.807) is 10.9 Å². The third-order valence-electron chi connectivity index (χ3n) is 4.54. The monoisotopic (exact) mass is 363 g/mol. The lowest BCUT2D eigenvalue weighted by atomic mass is 10.0. The number of aromatic nitrogens is 4. The number of anilines is 2. The third-order valence-corrected chi connectivity index (χ3v) is 4.54. The molecular formula is C23H17N5. The number of para-hydroxylation sites is 1. The first-order chi connectivity index (χ1) is 13.9. The molecule has 5 rings (SSSR count). The molecule has 134 valence electrons. The van der Waals surface area contributed by atoms with Crippen LogP contribution < -0.4 is 5.32 Å². The number of benzene rings is 3. The molecule has 2 heterocycles. The van der Waals surface area contributed by atoms with E-state index < -0.39 is 0 Å².